The van der Waals surface area contributed by atoms with E-state index < -0.39 is 5.97 Å². The molecule has 4 heteroatoms. The Morgan fingerprint density at radius 1 is 1.24 bits per heavy atom. The van der Waals surface area contributed by atoms with E-state index in [1.54, 1.807) is 0 Å². The number of carbonyl (C=O) groups is 2. The van der Waals surface area contributed by atoms with Gasteiger partial charge < -0.3 is 10.0 Å². The predicted molar refractivity (Wildman–Crippen MR) is 79.0 cm³/mol. The van der Waals surface area contributed by atoms with Gasteiger partial charge in [0.05, 0.1) is 11.3 Å². The van der Waals surface area contributed by atoms with Crippen LogP contribution in [0.25, 0.3) is 0 Å². The molecular formula is C17H21NO3. The van der Waals surface area contributed by atoms with Gasteiger partial charge in [0.15, 0.2) is 0 Å². The van der Waals surface area contributed by atoms with Gasteiger partial charge >= 0.3 is 5.97 Å². The van der Waals surface area contributed by atoms with Crippen LogP contribution >= 0.6 is 0 Å². The van der Waals surface area contributed by atoms with Gasteiger partial charge in [-0.15, -0.1) is 0 Å². The highest BCUT2D eigenvalue weighted by atomic mass is 16.4. The molecule has 0 atom stereocenters. The first-order valence-corrected chi connectivity index (χ1v) is 7.62. The number of benzene rings is 1. The highest BCUT2D eigenvalue weighted by Gasteiger charge is 2.53. The lowest BCUT2D eigenvalue weighted by Crippen LogP contribution is -2.45. The molecule has 112 valence electrons. The number of aryl methyl sites for hydroxylation is 1. The van der Waals surface area contributed by atoms with Crippen LogP contribution in [0, 0.1) is 12.8 Å². The van der Waals surface area contributed by atoms with Crippen LogP contribution in [-0.4, -0.2) is 35.0 Å². The number of likely N-dealkylation sites (tertiary alicyclic amines) is 1. The van der Waals surface area contributed by atoms with Crippen LogP contribution in [0.15, 0.2) is 24.3 Å². The van der Waals surface area contributed by atoms with Crippen LogP contribution in [0.1, 0.15) is 36.8 Å². The molecule has 1 N–H and O–H groups in total. The number of rotatable bonds is 3. The third kappa shape index (κ3) is 2.55. The first kappa shape index (κ1) is 14.1. The smallest absolute Gasteiger partial charge is 0.306 e. The summed E-state index contributed by atoms with van der Waals surface area (Å²) in [5.74, 6) is -0.831. The summed E-state index contributed by atoms with van der Waals surface area (Å²) in [6, 6.07) is 8.20. The quantitative estimate of drug-likeness (QED) is 0.928. The third-order valence-electron chi connectivity index (χ3n) is 4.86. The lowest BCUT2D eigenvalue weighted by Gasteiger charge is -2.33. The van der Waals surface area contributed by atoms with E-state index in [-0.39, 0.29) is 17.2 Å². The van der Waals surface area contributed by atoms with Gasteiger partial charge in [-0.3, -0.25) is 9.59 Å². The van der Waals surface area contributed by atoms with Crippen molar-refractivity contribution in [1.29, 1.82) is 0 Å². The fraction of sp³-hybridized carbons (Fsp3) is 0.529. The standard InChI is InChI=1S/C17H21NO3/c1-12-3-2-4-14(11-12)17(7-8-17)16(21)18-9-5-13(6-10-18)15(19)20/h2-4,11,13H,5-10H2,1H3,(H,19,20). The first-order valence-electron chi connectivity index (χ1n) is 7.62. The number of carbonyl (C=O) groups excluding carboxylic acids is 1. The molecule has 0 spiro atoms. The first-order chi connectivity index (χ1) is 10.0. The Morgan fingerprint density at radius 2 is 1.90 bits per heavy atom. The van der Waals surface area contributed by atoms with E-state index in [9.17, 15) is 9.59 Å². The fourth-order valence-corrected chi connectivity index (χ4v) is 3.33. The highest BCUT2D eigenvalue weighted by Crippen LogP contribution is 2.50. The minimum atomic E-state index is -0.734. The largest absolute Gasteiger partial charge is 0.481 e. The van der Waals surface area contributed by atoms with E-state index in [0.29, 0.717) is 25.9 Å². The number of piperidine rings is 1. The Balaban J connectivity index is 1.73. The highest BCUT2D eigenvalue weighted by molar-refractivity contribution is 5.91. The molecule has 0 unspecified atom stereocenters. The van der Waals surface area contributed by atoms with E-state index >= 15 is 0 Å². The van der Waals surface area contributed by atoms with E-state index in [4.69, 9.17) is 5.11 Å². The molecule has 1 amide bonds. The maximum atomic E-state index is 12.8. The lowest BCUT2D eigenvalue weighted by molar-refractivity contribution is -0.146. The van der Waals surface area contributed by atoms with Crippen LogP contribution in [0.3, 0.4) is 0 Å². The molecule has 0 aromatic heterocycles. The van der Waals surface area contributed by atoms with Crippen molar-refractivity contribution >= 4 is 11.9 Å². The minimum absolute atomic E-state index is 0.192. The van der Waals surface area contributed by atoms with Crippen LogP contribution in [0.5, 0.6) is 0 Å². The summed E-state index contributed by atoms with van der Waals surface area (Å²) in [6.07, 6.45) is 2.97. The van der Waals surface area contributed by atoms with Crippen LogP contribution in [0.4, 0.5) is 0 Å². The SMILES string of the molecule is Cc1cccc(C2(C(=O)N3CCC(C(=O)O)CC3)CC2)c1. The average Bonchev–Trinajstić information content (AvgIpc) is 3.28. The number of hydrogen-bond acceptors (Lipinski definition) is 2. The third-order valence-corrected chi connectivity index (χ3v) is 4.86. The topological polar surface area (TPSA) is 57.6 Å². The zero-order valence-corrected chi connectivity index (χ0v) is 12.3. The Morgan fingerprint density at radius 3 is 2.43 bits per heavy atom. The summed E-state index contributed by atoms with van der Waals surface area (Å²) in [5, 5.41) is 9.04. The molecule has 1 saturated heterocycles. The summed E-state index contributed by atoms with van der Waals surface area (Å²) < 4.78 is 0. The Hall–Kier alpha value is -1.84. The van der Waals surface area contributed by atoms with Crippen LogP contribution < -0.4 is 0 Å². The second-order valence-corrected chi connectivity index (χ2v) is 6.36. The summed E-state index contributed by atoms with van der Waals surface area (Å²) in [5.41, 5.74) is 1.96. The molecule has 0 bridgehead atoms. The van der Waals surface area contributed by atoms with E-state index in [2.05, 4.69) is 6.07 Å². The van der Waals surface area contributed by atoms with E-state index in [0.717, 1.165) is 18.4 Å². The second kappa shape index (κ2) is 5.17. The second-order valence-electron chi connectivity index (χ2n) is 6.36. The van der Waals surface area contributed by atoms with Crippen LogP contribution in [0.2, 0.25) is 0 Å². The maximum absolute atomic E-state index is 12.8. The van der Waals surface area contributed by atoms with Crippen molar-refractivity contribution in [3.63, 3.8) is 0 Å². The molecule has 21 heavy (non-hydrogen) atoms. The molecule has 4 nitrogen and oxygen atoms in total. The van der Waals surface area contributed by atoms with Gasteiger partial charge in [0.2, 0.25) is 5.91 Å². The van der Waals surface area contributed by atoms with Crippen molar-refractivity contribution in [1.82, 2.24) is 4.90 Å². The van der Waals surface area contributed by atoms with Crippen molar-refractivity contribution in [3.8, 4) is 0 Å². The number of aliphatic carboxylic acids is 1. The van der Waals surface area contributed by atoms with Gasteiger partial charge in [0, 0.05) is 13.1 Å². The van der Waals surface area contributed by atoms with E-state index in [1.165, 1.54) is 5.56 Å². The molecule has 2 aliphatic rings. The molecule has 1 saturated carbocycles. The van der Waals surface area contributed by atoms with Crippen molar-refractivity contribution < 1.29 is 14.7 Å². The summed E-state index contributed by atoms with van der Waals surface area (Å²) in [7, 11) is 0. The summed E-state index contributed by atoms with van der Waals surface area (Å²) >= 11 is 0. The molecule has 3 rings (SSSR count). The average molecular weight is 287 g/mol. The van der Waals surface area contributed by atoms with Crippen molar-refractivity contribution in [2.45, 2.75) is 38.0 Å². The van der Waals surface area contributed by atoms with Crippen molar-refractivity contribution in [2.75, 3.05) is 13.1 Å². The van der Waals surface area contributed by atoms with Crippen molar-refractivity contribution in [2.24, 2.45) is 5.92 Å². The Bertz CT molecular complexity index is 569. The Labute approximate surface area is 124 Å². The summed E-state index contributed by atoms with van der Waals surface area (Å²) in [4.78, 5) is 25.7. The van der Waals surface area contributed by atoms with Gasteiger partial charge in [0.1, 0.15) is 0 Å². The van der Waals surface area contributed by atoms with Gasteiger partial charge in [-0.25, -0.2) is 0 Å². The minimum Gasteiger partial charge on any atom is -0.481 e. The molecular weight excluding hydrogens is 266 g/mol. The molecule has 1 aromatic rings. The van der Waals surface area contributed by atoms with Crippen molar-refractivity contribution in [3.05, 3.63) is 35.4 Å². The zero-order chi connectivity index (χ0) is 15.0. The van der Waals surface area contributed by atoms with Gasteiger partial charge in [-0.2, -0.15) is 0 Å². The van der Waals surface area contributed by atoms with Gasteiger partial charge in [-0.1, -0.05) is 29.8 Å². The number of nitrogens with zero attached hydrogens (tertiary/aromatic N) is 1. The molecule has 1 aliphatic heterocycles. The Kier molecular flexibility index (Phi) is 3.47. The molecule has 1 aromatic carbocycles. The monoisotopic (exact) mass is 287 g/mol. The normalized spacial score (nSPS) is 21.1. The number of carboxylic acid groups (broad SMARTS) is 1. The number of hydrogen-bond donors (Lipinski definition) is 1. The predicted octanol–water partition coefficient (Wildman–Crippen LogP) is 2.35. The summed E-state index contributed by atoms with van der Waals surface area (Å²) in [6.45, 7) is 3.19. The van der Waals surface area contributed by atoms with Gasteiger partial charge in [0.25, 0.3) is 0 Å². The lowest BCUT2D eigenvalue weighted by atomic mass is 9.90. The molecule has 1 aliphatic carbocycles. The fourth-order valence-electron chi connectivity index (χ4n) is 3.33. The zero-order valence-electron chi connectivity index (χ0n) is 12.3. The number of carboxylic acids is 1. The van der Waals surface area contributed by atoms with E-state index in [1.807, 2.05) is 30.0 Å². The van der Waals surface area contributed by atoms with Gasteiger partial charge in [-0.05, 0) is 38.2 Å². The molecule has 0 radical (unpaired) electrons. The number of amides is 1. The van der Waals surface area contributed by atoms with Crippen LogP contribution in [-0.2, 0) is 15.0 Å². The maximum Gasteiger partial charge on any atom is 0.306 e. The molecule has 2 fully saturated rings. The molecule has 1 heterocycles.